The monoisotopic (exact) mass is 1210 g/mol. The fraction of sp³-hybridized carbons (Fsp3) is 0.776. The molecule has 0 aromatic carbocycles. The third kappa shape index (κ3) is 68.8. The molecular weight excluding hydrogens is 1070 g/mol. The lowest BCUT2D eigenvalue weighted by atomic mass is 10.0. The van der Waals surface area contributed by atoms with Gasteiger partial charge in [-0.2, -0.15) is 0 Å². The number of hydrogen-bond acceptors (Lipinski definition) is 5. The maximum atomic E-state index is 13.1. The molecule has 9 heteroatoms. The summed E-state index contributed by atoms with van der Waals surface area (Å²) in [5, 5.41) is 14.2. The number of likely N-dealkylation sites (N-methyl/N-ethyl adjacent to an activating group) is 1. The van der Waals surface area contributed by atoms with E-state index in [1.165, 1.54) is 205 Å². The average Bonchev–Trinajstić information content (AvgIpc) is 3.48. The molecule has 3 atom stereocenters. The second-order valence-corrected chi connectivity index (χ2v) is 27.0. The number of allylic oxidation sites excluding steroid dienone is 16. The SMILES string of the molecule is CC/C=C\C/C=C\C/C=C\C/C=C\C/C=C\C/C=C\C/C=C\C/C=C\CCCCCCCCCCCCC(=O)NC(COP(=O)(O)OCC[N+](C)(C)C)C(O)CCCCCCCCCCCCCCCCCCCCCCCCCCCCCC. The Morgan fingerprint density at radius 3 is 1.04 bits per heavy atom. The van der Waals surface area contributed by atoms with Gasteiger partial charge in [0, 0.05) is 6.42 Å². The van der Waals surface area contributed by atoms with Gasteiger partial charge < -0.3 is 19.8 Å². The van der Waals surface area contributed by atoms with Gasteiger partial charge in [0.2, 0.25) is 5.91 Å². The topological polar surface area (TPSA) is 105 Å². The summed E-state index contributed by atoms with van der Waals surface area (Å²) in [6, 6.07) is -0.771. The highest BCUT2D eigenvalue weighted by molar-refractivity contribution is 7.47. The van der Waals surface area contributed by atoms with Crippen LogP contribution >= 0.6 is 7.82 Å². The van der Waals surface area contributed by atoms with E-state index in [9.17, 15) is 19.4 Å². The largest absolute Gasteiger partial charge is 0.472 e. The van der Waals surface area contributed by atoms with E-state index in [4.69, 9.17) is 9.05 Å². The zero-order chi connectivity index (χ0) is 61.9. The van der Waals surface area contributed by atoms with E-state index in [0.717, 1.165) is 96.3 Å². The molecule has 0 aromatic heterocycles. The number of unbranched alkanes of at least 4 members (excludes halogenated alkanes) is 37. The lowest BCUT2D eigenvalue weighted by Gasteiger charge is -2.26. The molecule has 1 amide bonds. The molecule has 0 spiro atoms. The zero-order valence-electron chi connectivity index (χ0n) is 56.6. The highest BCUT2D eigenvalue weighted by Crippen LogP contribution is 2.43. The molecule has 0 radical (unpaired) electrons. The molecule has 0 heterocycles. The number of carbonyl (C=O) groups is 1. The second-order valence-electron chi connectivity index (χ2n) is 25.6. The smallest absolute Gasteiger partial charge is 0.391 e. The Balaban J connectivity index is 4.07. The molecule has 0 aliphatic heterocycles. The van der Waals surface area contributed by atoms with Crippen LogP contribution in [0.3, 0.4) is 0 Å². The van der Waals surface area contributed by atoms with Gasteiger partial charge in [-0.1, -0.05) is 342 Å². The van der Waals surface area contributed by atoms with Crippen LogP contribution in [0, 0.1) is 0 Å². The summed E-state index contributed by atoms with van der Waals surface area (Å²) >= 11 is 0. The van der Waals surface area contributed by atoms with Crippen LogP contribution in [0.1, 0.15) is 328 Å². The van der Waals surface area contributed by atoms with E-state index in [2.05, 4.69) is 116 Å². The van der Waals surface area contributed by atoms with Gasteiger partial charge in [-0.25, -0.2) is 4.57 Å². The predicted octanol–water partition coefficient (Wildman–Crippen LogP) is 23.3. The summed E-state index contributed by atoms with van der Waals surface area (Å²) in [5.41, 5.74) is 0. The average molecular weight is 1210 g/mol. The van der Waals surface area contributed by atoms with Crippen LogP contribution in [0.5, 0.6) is 0 Å². The summed E-state index contributed by atoms with van der Waals surface area (Å²) in [7, 11) is 1.61. The molecule has 0 fully saturated rings. The normalized spacial score (nSPS) is 14.2. The van der Waals surface area contributed by atoms with Crippen LogP contribution in [-0.2, 0) is 18.4 Å². The van der Waals surface area contributed by atoms with Crippen molar-refractivity contribution in [2.75, 3.05) is 40.9 Å². The summed E-state index contributed by atoms with van der Waals surface area (Å²) in [5.74, 6) is -0.148. The minimum Gasteiger partial charge on any atom is -0.391 e. The number of nitrogens with one attached hydrogen (secondary N) is 1. The number of phosphoric ester groups is 1. The molecule has 0 saturated carbocycles. The number of phosphoric acid groups is 1. The predicted molar refractivity (Wildman–Crippen MR) is 373 cm³/mol. The first-order valence-corrected chi connectivity index (χ1v) is 37.6. The van der Waals surface area contributed by atoms with Gasteiger partial charge in [-0.15, -0.1) is 0 Å². The Morgan fingerprint density at radius 2 is 0.706 bits per heavy atom. The number of carbonyl (C=O) groups excluding carboxylic acids is 1. The first-order valence-electron chi connectivity index (χ1n) is 36.1. The standard InChI is InChI=1S/C76H139N2O6P/c1-6-8-10-12-14-16-18-20-22-24-26-28-30-32-34-36-37-38-39-40-41-42-44-46-48-50-52-54-56-58-60-62-64-66-68-70-76(80)77-74(73-84-85(81,82)83-72-71-78(3,4)5)75(79)69-67-65-63-61-59-57-55-53-51-49-47-45-43-35-33-31-29-27-25-23-21-19-17-15-13-11-9-7-2/h8,10,14,16,20,22,26,28,32,34,37-38,40-41,44,46,74-75,79H,6-7,9,11-13,15,17-19,21,23-25,27,29-31,33,35-36,39,42-43,45,47-73H2,1-5H3,(H-,77,80,81,82)/p+1/b10-8-,16-14-,22-20-,28-26-,34-32-,38-37-,41-40-,46-44-. The first-order chi connectivity index (χ1) is 41.5. The number of hydrogen-bond donors (Lipinski definition) is 3. The molecule has 0 aliphatic rings. The molecule has 0 aromatic rings. The Hall–Kier alpha value is -2.58. The van der Waals surface area contributed by atoms with Crippen LogP contribution in [0.15, 0.2) is 97.2 Å². The number of aliphatic hydroxyl groups excluding tert-OH is 1. The summed E-state index contributed by atoms with van der Waals surface area (Å²) in [4.78, 5) is 23.5. The van der Waals surface area contributed by atoms with Gasteiger partial charge in [-0.3, -0.25) is 13.8 Å². The highest BCUT2D eigenvalue weighted by atomic mass is 31.2. The minimum atomic E-state index is -4.34. The third-order valence-electron chi connectivity index (χ3n) is 16.1. The maximum Gasteiger partial charge on any atom is 0.472 e. The van der Waals surface area contributed by atoms with Crippen molar-refractivity contribution in [1.82, 2.24) is 5.32 Å². The van der Waals surface area contributed by atoms with Gasteiger partial charge in [0.05, 0.1) is 39.9 Å². The van der Waals surface area contributed by atoms with E-state index >= 15 is 0 Å². The molecule has 494 valence electrons. The molecule has 0 saturated heterocycles. The molecule has 3 N–H and O–H groups in total. The first kappa shape index (κ1) is 82.4. The van der Waals surface area contributed by atoms with Crippen molar-refractivity contribution in [3.8, 4) is 0 Å². The summed E-state index contributed by atoms with van der Waals surface area (Å²) in [6.45, 7) is 4.80. The van der Waals surface area contributed by atoms with Gasteiger partial charge in [0.15, 0.2) is 0 Å². The van der Waals surface area contributed by atoms with Crippen molar-refractivity contribution in [2.24, 2.45) is 0 Å². The molecule has 85 heavy (non-hydrogen) atoms. The molecule has 0 aliphatic carbocycles. The fourth-order valence-electron chi connectivity index (χ4n) is 10.5. The van der Waals surface area contributed by atoms with Gasteiger partial charge >= 0.3 is 7.82 Å². The quantitative estimate of drug-likeness (QED) is 0.0243. The van der Waals surface area contributed by atoms with Crippen LogP contribution in [0.25, 0.3) is 0 Å². The number of rotatable bonds is 66. The lowest BCUT2D eigenvalue weighted by Crippen LogP contribution is -2.46. The highest BCUT2D eigenvalue weighted by Gasteiger charge is 2.28. The van der Waals surface area contributed by atoms with Gasteiger partial charge in [0.1, 0.15) is 13.2 Å². The second kappa shape index (κ2) is 65.9. The van der Waals surface area contributed by atoms with Crippen LogP contribution in [0.2, 0.25) is 0 Å². The van der Waals surface area contributed by atoms with E-state index in [-0.39, 0.29) is 19.1 Å². The molecule has 0 bridgehead atoms. The van der Waals surface area contributed by atoms with Crippen molar-refractivity contribution < 1.29 is 32.9 Å². The van der Waals surface area contributed by atoms with Gasteiger partial charge in [0.25, 0.3) is 0 Å². The van der Waals surface area contributed by atoms with Crippen molar-refractivity contribution in [3.05, 3.63) is 97.2 Å². The third-order valence-corrected chi connectivity index (χ3v) is 17.1. The van der Waals surface area contributed by atoms with Crippen LogP contribution in [-0.4, -0.2) is 73.4 Å². The molecule has 0 rings (SSSR count). The van der Waals surface area contributed by atoms with Crippen LogP contribution in [0.4, 0.5) is 0 Å². The Labute approximate surface area is 528 Å². The number of amides is 1. The Morgan fingerprint density at radius 1 is 0.412 bits per heavy atom. The van der Waals surface area contributed by atoms with E-state index in [1.807, 2.05) is 21.1 Å². The fourth-order valence-corrected chi connectivity index (χ4v) is 11.3. The van der Waals surface area contributed by atoms with Crippen molar-refractivity contribution >= 4 is 13.7 Å². The Kier molecular flexibility index (Phi) is 63.9. The van der Waals surface area contributed by atoms with E-state index in [1.54, 1.807) is 0 Å². The van der Waals surface area contributed by atoms with E-state index in [0.29, 0.717) is 23.9 Å². The summed E-state index contributed by atoms with van der Waals surface area (Å²) < 4.78 is 23.9. The van der Waals surface area contributed by atoms with Crippen LogP contribution < -0.4 is 5.32 Å². The van der Waals surface area contributed by atoms with Gasteiger partial charge in [-0.05, 0) is 77.0 Å². The summed E-state index contributed by atoms with van der Waals surface area (Å²) in [6.07, 6.45) is 95.1. The lowest BCUT2D eigenvalue weighted by molar-refractivity contribution is -0.870. The number of quaternary nitrogens is 1. The van der Waals surface area contributed by atoms with Crippen molar-refractivity contribution in [1.29, 1.82) is 0 Å². The number of nitrogens with zero attached hydrogens (tertiary/aromatic N) is 1. The maximum absolute atomic E-state index is 13.1. The Bertz CT molecular complexity index is 1710. The number of aliphatic hydroxyl groups is 1. The molecule has 3 unspecified atom stereocenters. The molecule has 8 nitrogen and oxygen atoms in total. The van der Waals surface area contributed by atoms with E-state index < -0.39 is 20.0 Å². The molecular formula is C76H140N2O6P+. The zero-order valence-corrected chi connectivity index (χ0v) is 57.5. The van der Waals surface area contributed by atoms with Crippen molar-refractivity contribution in [3.63, 3.8) is 0 Å². The van der Waals surface area contributed by atoms with Crippen molar-refractivity contribution in [2.45, 2.75) is 341 Å². The minimum absolute atomic E-state index is 0.0705.